The first-order valence-electron chi connectivity index (χ1n) is 9.75. The van der Waals surface area contributed by atoms with Crippen LogP contribution in [-0.2, 0) is 11.3 Å². The van der Waals surface area contributed by atoms with Gasteiger partial charge in [0.25, 0.3) is 5.91 Å². The van der Waals surface area contributed by atoms with Gasteiger partial charge in [0.15, 0.2) is 5.96 Å². The van der Waals surface area contributed by atoms with Gasteiger partial charge in [0.1, 0.15) is 11.4 Å². The third-order valence-corrected chi connectivity index (χ3v) is 5.67. The Hall–Kier alpha value is -1.91. The molecule has 3 amide bonds. The average molecular weight is 517 g/mol. The van der Waals surface area contributed by atoms with Gasteiger partial charge >= 0.3 is 6.03 Å². The number of hydrogen-bond acceptors (Lipinski definition) is 3. The first-order chi connectivity index (χ1) is 13.3. The van der Waals surface area contributed by atoms with E-state index < -0.39 is 11.6 Å². The highest BCUT2D eigenvalue weighted by molar-refractivity contribution is 14.0. The molecule has 0 aromatic heterocycles. The molecule has 1 unspecified atom stereocenters. The van der Waals surface area contributed by atoms with Gasteiger partial charge in [-0.1, -0.05) is 12.1 Å². The van der Waals surface area contributed by atoms with E-state index in [4.69, 9.17) is 0 Å². The van der Waals surface area contributed by atoms with E-state index in [1.165, 1.54) is 6.07 Å². The molecule has 2 fully saturated rings. The van der Waals surface area contributed by atoms with Crippen LogP contribution in [0.2, 0.25) is 0 Å². The fourth-order valence-corrected chi connectivity index (χ4v) is 3.84. The topological polar surface area (TPSA) is 85.8 Å². The monoisotopic (exact) mass is 517 g/mol. The second-order valence-electron chi connectivity index (χ2n) is 7.63. The van der Waals surface area contributed by atoms with Crippen molar-refractivity contribution >= 4 is 41.9 Å². The lowest BCUT2D eigenvalue weighted by molar-refractivity contribution is -0.125. The maximum atomic E-state index is 13.8. The molecule has 0 radical (unpaired) electrons. The van der Waals surface area contributed by atoms with Crippen LogP contribution in [-0.4, -0.2) is 48.0 Å². The number of hydrogen-bond donors (Lipinski definition) is 3. The Morgan fingerprint density at radius 1 is 1.34 bits per heavy atom. The van der Waals surface area contributed by atoms with Crippen LogP contribution in [0.3, 0.4) is 0 Å². The van der Waals surface area contributed by atoms with Gasteiger partial charge in [-0.25, -0.2) is 14.2 Å². The zero-order valence-corrected chi connectivity index (χ0v) is 19.4. The molecule has 160 valence electrons. The largest absolute Gasteiger partial charge is 0.357 e. The maximum Gasteiger partial charge on any atom is 0.322 e. The number of imide groups is 1. The minimum absolute atomic E-state index is 0. The highest BCUT2D eigenvalue weighted by atomic mass is 127. The summed E-state index contributed by atoms with van der Waals surface area (Å²) in [6.45, 7) is 8.14. The van der Waals surface area contributed by atoms with Gasteiger partial charge in [-0.2, -0.15) is 0 Å². The number of piperidine rings is 1. The number of likely N-dealkylation sites (tertiary alicyclic amines) is 1. The molecule has 1 atom stereocenters. The molecule has 1 aromatic carbocycles. The lowest BCUT2D eigenvalue weighted by Crippen LogP contribution is -2.55. The number of rotatable bonds is 4. The fourth-order valence-electron chi connectivity index (χ4n) is 3.84. The van der Waals surface area contributed by atoms with Crippen LogP contribution < -0.4 is 16.0 Å². The first kappa shape index (κ1) is 23.4. The van der Waals surface area contributed by atoms with E-state index in [1.54, 1.807) is 19.9 Å². The number of carbonyl (C=O) groups excluding carboxylic acids is 2. The predicted molar refractivity (Wildman–Crippen MR) is 121 cm³/mol. The second-order valence-corrected chi connectivity index (χ2v) is 7.63. The van der Waals surface area contributed by atoms with Crippen LogP contribution in [0.25, 0.3) is 0 Å². The quantitative estimate of drug-likeness (QED) is 0.248. The number of benzene rings is 1. The summed E-state index contributed by atoms with van der Waals surface area (Å²) in [5.41, 5.74) is 0.599. The van der Waals surface area contributed by atoms with E-state index in [0.717, 1.165) is 44.0 Å². The van der Waals surface area contributed by atoms with E-state index in [-0.39, 0.29) is 41.6 Å². The van der Waals surface area contributed by atoms with E-state index in [2.05, 4.69) is 25.8 Å². The summed E-state index contributed by atoms with van der Waals surface area (Å²) in [4.78, 5) is 30.5. The maximum absolute atomic E-state index is 13.8. The number of halogens is 2. The molecule has 3 rings (SSSR count). The third kappa shape index (κ3) is 5.18. The minimum Gasteiger partial charge on any atom is -0.357 e. The molecule has 2 saturated heterocycles. The van der Waals surface area contributed by atoms with Crippen molar-refractivity contribution in [3.8, 4) is 0 Å². The molecular weight excluding hydrogens is 488 g/mol. The molecule has 7 nitrogen and oxygen atoms in total. The summed E-state index contributed by atoms with van der Waals surface area (Å²) in [6, 6.07) is 4.76. The molecule has 2 heterocycles. The molecule has 2 aliphatic rings. The number of amides is 3. The van der Waals surface area contributed by atoms with Crippen molar-refractivity contribution in [2.75, 3.05) is 19.6 Å². The molecule has 0 bridgehead atoms. The van der Waals surface area contributed by atoms with Gasteiger partial charge < -0.3 is 15.5 Å². The Bertz CT molecular complexity index is 795. The van der Waals surface area contributed by atoms with Crippen molar-refractivity contribution in [1.82, 2.24) is 20.9 Å². The number of urea groups is 1. The summed E-state index contributed by atoms with van der Waals surface area (Å²) >= 11 is 0. The van der Waals surface area contributed by atoms with Crippen molar-refractivity contribution in [3.05, 3.63) is 35.1 Å². The Labute approximate surface area is 187 Å². The number of aliphatic imine (C=N–C) groups is 1. The number of carbonyl (C=O) groups is 2. The number of nitrogens with zero attached hydrogens (tertiary/aromatic N) is 2. The Balaban J connectivity index is 0.00000300. The zero-order valence-electron chi connectivity index (χ0n) is 17.0. The lowest BCUT2D eigenvalue weighted by Gasteiger charge is -2.39. The highest BCUT2D eigenvalue weighted by Gasteiger charge is 2.48. The first-order valence-corrected chi connectivity index (χ1v) is 9.75. The van der Waals surface area contributed by atoms with Crippen LogP contribution in [0, 0.1) is 18.7 Å². The van der Waals surface area contributed by atoms with E-state index in [0.29, 0.717) is 12.1 Å². The molecule has 1 aromatic rings. The van der Waals surface area contributed by atoms with Crippen molar-refractivity contribution in [2.45, 2.75) is 45.7 Å². The summed E-state index contributed by atoms with van der Waals surface area (Å²) in [5, 5.41) is 8.40. The van der Waals surface area contributed by atoms with Crippen LogP contribution >= 0.6 is 24.0 Å². The Kier molecular flexibility index (Phi) is 7.84. The van der Waals surface area contributed by atoms with Gasteiger partial charge in [-0.15, -0.1) is 24.0 Å². The van der Waals surface area contributed by atoms with Crippen LogP contribution in [0.15, 0.2) is 23.2 Å². The van der Waals surface area contributed by atoms with E-state index >= 15 is 0 Å². The smallest absolute Gasteiger partial charge is 0.322 e. The van der Waals surface area contributed by atoms with Gasteiger partial charge in [-0.3, -0.25) is 10.1 Å². The summed E-state index contributed by atoms with van der Waals surface area (Å²) in [5.74, 6) is 0.387. The molecule has 29 heavy (non-hydrogen) atoms. The Morgan fingerprint density at radius 3 is 2.59 bits per heavy atom. The fraction of sp³-hybridized carbons (Fsp3) is 0.550. The molecule has 3 N–H and O–H groups in total. The summed E-state index contributed by atoms with van der Waals surface area (Å²) in [7, 11) is 0. The number of guanidine groups is 1. The molecule has 0 saturated carbocycles. The molecule has 9 heteroatoms. The van der Waals surface area contributed by atoms with Crippen molar-refractivity contribution in [1.29, 1.82) is 0 Å². The average Bonchev–Trinajstić information content (AvgIpc) is 2.94. The molecule has 2 aliphatic heterocycles. The predicted octanol–water partition coefficient (Wildman–Crippen LogP) is 2.53. The minimum atomic E-state index is -0.849. The highest BCUT2D eigenvalue weighted by Crippen LogP contribution is 2.30. The van der Waals surface area contributed by atoms with Gasteiger partial charge in [0, 0.05) is 19.6 Å². The van der Waals surface area contributed by atoms with Crippen molar-refractivity contribution < 1.29 is 14.0 Å². The lowest BCUT2D eigenvalue weighted by atomic mass is 9.79. The molecule has 0 spiro atoms. The number of aryl methyl sites for hydroxylation is 1. The van der Waals surface area contributed by atoms with Gasteiger partial charge in [-0.05, 0) is 56.7 Å². The van der Waals surface area contributed by atoms with E-state index in [9.17, 15) is 14.0 Å². The van der Waals surface area contributed by atoms with E-state index in [1.807, 2.05) is 13.0 Å². The third-order valence-electron chi connectivity index (χ3n) is 5.67. The normalized spacial score (nSPS) is 22.8. The van der Waals surface area contributed by atoms with Crippen LogP contribution in [0.5, 0.6) is 0 Å². The van der Waals surface area contributed by atoms with Gasteiger partial charge in [0.05, 0.1) is 6.54 Å². The van der Waals surface area contributed by atoms with Crippen LogP contribution in [0.4, 0.5) is 9.18 Å². The van der Waals surface area contributed by atoms with Gasteiger partial charge in [0.2, 0.25) is 0 Å². The Morgan fingerprint density at radius 2 is 2.03 bits per heavy atom. The summed E-state index contributed by atoms with van der Waals surface area (Å²) in [6.07, 6.45) is 1.54. The van der Waals surface area contributed by atoms with Crippen LogP contribution in [0.1, 0.15) is 37.8 Å². The molecular formula is C20H29FIN5O2. The second kappa shape index (κ2) is 9.73. The number of nitrogens with one attached hydrogen (secondary N) is 3. The zero-order chi connectivity index (χ0) is 20.3. The van der Waals surface area contributed by atoms with Crippen molar-refractivity contribution in [2.24, 2.45) is 10.9 Å². The molecule has 0 aliphatic carbocycles. The SMILES string of the molecule is CCNC(=NCc1ccc(C)c(F)c1)N1CCC(C2(C)NC(=O)NC2=O)CC1.I. The standard InChI is InChI=1S/C20H28FN5O2.HI/c1-4-22-18(23-12-14-6-5-13(2)16(21)11-14)26-9-7-15(8-10-26)20(3)17(27)24-19(28)25-20;/h5-6,11,15H,4,7-10,12H2,1-3H3,(H,22,23)(H2,24,25,27,28);1H. The van der Waals surface area contributed by atoms with Crippen molar-refractivity contribution in [3.63, 3.8) is 0 Å². The summed E-state index contributed by atoms with van der Waals surface area (Å²) < 4.78 is 13.8.